The number of carbonyl (C=O) groups is 1. The van der Waals surface area contributed by atoms with Crippen LogP contribution in [0.5, 0.6) is 0 Å². The normalized spacial score (nSPS) is 35.1. The maximum atomic E-state index is 14.6. The van der Waals surface area contributed by atoms with Gasteiger partial charge in [-0.2, -0.15) is 0 Å². The summed E-state index contributed by atoms with van der Waals surface area (Å²) < 4.78 is 34.6. The van der Waals surface area contributed by atoms with E-state index in [9.17, 15) is 34.0 Å². The van der Waals surface area contributed by atoms with Gasteiger partial charge in [0.1, 0.15) is 35.9 Å². The second kappa shape index (κ2) is 12.2. The second-order valence-corrected chi connectivity index (χ2v) is 9.89. The van der Waals surface area contributed by atoms with Crippen molar-refractivity contribution in [2.45, 2.75) is 93.8 Å². The van der Waals surface area contributed by atoms with E-state index in [0.29, 0.717) is 19.9 Å². The van der Waals surface area contributed by atoms with Gasteiger partial charge in [0.15, 0.2) is 0 Å². The maximum absolute atomic E-state index is 14.6. The molecule has 8 nitrogen and oxygen atoms in total. The van der Waals surface area contributed by atoms with E-state index < -0.39 is 53.8 Å². The van der Waals surface area contributed by atoms with Gasteiger partial charge in [-0.3, -0.25) is 9.69 Å². The van der Waals surface area contributed by atoms with Gasteiger partial charge in [-0.05, 0) is 25.0 Å². The van der Waals surface area contributed by atoms with Crippen LogP contribution in [0, 0.1) is 5.92 Å². The quantitative estimate of drug-likeness (QED) is 0.270. The Kier molecular flexibility index (Phi) is 10.6. The summed E-state index contributed by atoms with van der Waals surface area (Å²) in [4.78, 5) is 14.9. The lowest BCUT2D eigenvalue weighted by Crippen LogP contribution is -2.67. The molecule has 0 aromatic carbocycles. The van der Waals surface area contributed by atoms with Crippen molar-refractivity contribution in [2.75, 3.05) is 26.0 Å². The topological polar surface area (TPSA) is 122 Å². The Balaban J connectivity index is 2.16. The van der Waals surface area contributed by atoms with E-state index in [4.69, 9.17) is 4.74 Å². The standard InChI is InChI=1S/C21H38F2N2O6S/c1-4-5-6-7-12-10-13(25(11-12)8-9-26)19(30)24-18(21(2,22)23)17-15(28)14(27)16(29)20(31-17)32-3/h12-18,20,26-29H,4-11H2,1-3H3,(H,24,30)/t12-,13+,14+,15-,16-,17+,18+,20-/m1/s1. The molecule has 5 N–H and O–H groups in total. The second-order valence-electron chi connectivity index (χ2n) is 8.95. The molecule has 0 spiro atoms. The fraction of sp³-hybridized carbons (Fsp3) is 0.952. The van der Waals surface area contributed by atoms with E-state index in [-0.39, 0.29) is 19.1 Å². The van der Waals surface area contributed by atoms with Crippen LogP contribution in [-0.2, 0) is 9.53 Å². The van der Waals surface area contributed by atoms with Gasteiger partial charge < -0.3 is 30.5 Å². The van der Waals surface area contributed by atoms with Gasteiger partial charge in [0.05, 0.1) is 12.6 Å². The summed E-state index contributed by atoms with van der Waals surface area (Å²) in [5, 5.41) is 42.3. The monoisotopic (exact) mass is 484 g/mol. The molecule has 0 bridgehead atoms. The molecule has 2 saturated heterocycles. The Morgan fingerprint density at radius 2 is 1.94 bits per heavy atom. The van der Waals surface area contributed by atoms with Gasteiger partial charge in [0.2, 0.25) is 5.91 Å². The highest BCUT2D eigenvalue weighted by Crippen LogP contribution is 2.34. The SMILES string of the molecule is CCCCC[C@@H]1C[C@@H](C(=O)N[C@@H]([C@H]2O[C@H](SC)[C@H](O)[C@@H](O)[C@H]2O)C(C)(F)F)N(CCO)C1. The van der Waals surface area contributed by atoms with E-state index in [1.807, 2.05) is 0 Å². The molecule has 2 aliphatic heterocycles. The van der Waals surface area contributed by atoms with Crippen molar-refractivity contribution in [1.29, 1.82) is 0 Å². The van der Waals surface area contributed by atoms with Gasteiger partial charge in [0.25, 0.3) is 5.92 Å². The van der Waals surface area contributed by atoms with Crippen LogP contribution in [0.15, 0.2) is 0 Å². The van der Waals surface area contributed by atoms with Crippen molar-refractivity contribution in [1.82, 2.24) is 10.2 Å². The molecule has 2 aliphatic rings. The van der Waals surface area contributed by atoms with E-state index in [2.05, 4.69) is 12.2 Å². The molecule has 0 aliphatic carbocycles. The fourth-order valence-electron chi connectivity index (χ4n) is 4.63. The number of aliphatic hydroxyl groups is 4. The van der Waals surface area contributed by atoms with Crippen LogP contribution in [0.1, 0.15) is 46.0 Å². The fourth-order valence-corrected chi connectivity index (χ4v) is 5.31. The average molecular weight is 485 g/mol. The van der Waals surface area contributed by atoms with Crippen molar-refractivity contribution in [3.63, 3.8) is 0 Å². The van der Waals surface area contributed by atoms with E-state index in [1.54, 1.807) is 11.2 Å². The molecule has 11 heteroatoms. The lowest BCUT2D eigenvalue weighted by molar-refractivity contribution is -0.223. The summed E-state index contributed by atoms with van der Waals surface area (Å²) in [6.07, 6.45) is -0.355. The molecule has 2 rings (SSSR count). The van der Waals surface area contributed by atoms with Crippen molar-refractivity contribution >= 4 is 17.7 Å². The number of nitrogens with zero attached hydrogens (tertiary/aromatic N) is 1. The predicted octanol–water partition coefficient (Wildman–Crippen LogP) is 0.560. The number of ether oxygens (including phenoxy) is 1. The molecular weight excluding hydrogens is 446 g/mol. The third kappa shape index (κ3) is 6.74. The van der Waals surface area contributed by atoms with Gasteiger partial charge >= 0.3 is 0 Å². The van der Waals surface area contributed by atoms with Gasteiger partial charge in [-0.15, -0.1) is 11.8 Å². The van der Waals surface area contributed by atoms with Crippen LogP contribution in [-0.4, -0.2) is 105 Å². The first-order valence-corrected chi connectivity index (χ1v) is 12.6. The number of amides is 1. The summed E-state index contributed by atoms with van der Waals surface area (Å²) >= 11 is 1.02. The number of rotatable bonds is 11. The minimum absolute atomic E-state index is 0.150. The Morgan fingerprint density at radius 3 is 2.50 bits per heavy atom. The van der Waals surface area contributed by atoms with E-state index >= 15 is 0 Å². The predicted molar refractivity (Wildman–Crippen MR) is 117 cm³/mol. The Hall–Kier alpha value is -0.560. The zero-order chi connectivity index (χ0) is 24.1. The highest BCUT2D eigenvalue weighted by Gasteiger charge is 2.53. The third-order valence-corrected chi connectivity index (χ3v) is 7.26. The van der Waals surface area contributed by atoms with Crippen LogP contribution < -0.4 is 5.32 Å². The van der Waals surface area contributed by atoms with Crippen molar-refractivity contribution < 1.29 is 38.7 Å². The highest BCUT2D eigenvalue weighted by atomic mass is 32.2. The van der Waals surface area contributed by atoms with Gasteiger partial charge in [0, 0.05) is 20.0 Å². The number of alkyl halides is 2. The number of aliphatic hydroxyl groups excluding tert-OH is 4. The number of likely N-dealkylation sites (tertiary alicyclic amines) is 1. The summed E-state index contributed by atoms with van der Waals surface area (Å²) in [7, 11) is 0. The van der Waals surface area contributed by atoms with Crippen LogP contribution in [0.4, 0.5) is 8.78 Å². The number of carbonyl (C=O) groups excluding carboxylic acids is 1. The van der Waals surface area contributed by atoms with Crippen LogP contribution in [0.25, 0.3) is 0 Å². The molecule has 188 valence electrons. The lowest BCUT2D eigenvalue weighted by atomic mass is 9.91. The molecular formula is C21H38F2N2O6S. The van der Waals surface area contributed by atoms with Crippen LogP contribution in [0.3, 0.4) is 0 Å². The Labute approximate surface area is 192 Å². The summed E-state index contributed by atoms with van der Waals surface area (Å²) in [6, 6.07) is -2.58. The lowest BCUT2D eigenvalue weighted by Gasteiger charge is -2.44. The Morgan fingerprint density at radius 1 is 1.25 bits per heavy atom. The molecule has 0 saturated carbocycles. The first-order chi connectivity index (χ1) is 15.0. The zero-order valence-electron chi connectivity index (χ0n) is 19.0. The molecule has 0 aromatic heterocycles. The summed E-state index contributed by atoms with van der Waals surface area (Å²) in [5.74, 6) is -3.85. The first-order valence-electron chi connectivity index (χ1n) is 11.3. The minimum atomic E-state index is -3.47. The number of nitrogens with one attached hydrogen (secondary N) is 1. The van der Waals surface area contributed by atoms with Crippen LogP contribution in [0.2, 0.25) is 0 Å². The molecule has 2 fully saturated rings. The van der Waals surface area contributed by atoms with Gasteiger partial charge in [-0.25, -0.2) is 8.78 Å². The molecule has 32 heavy (non-hydrogen) atoms. The molecule has 8 atom stereocenters. The molecule has 0 aromatic rings. The van der Waals surface area contributed by atoms with Crippen LogP contribution >= 0.6 is 11.8 Å². The molecule has 1 amide bonds. The zero-order valence-corrected chi connectivity index (χ0v) is 19.8. The van der Waals surface area contributed by atoms with Crippen molar-refractivity contribution in [2.24, 2.45) is 5.92 Å². The largest absolute Gasteiger partial charge is 0.395 e. The van der Waals surface area contributed by atoms with E-state index in [0.717, 1.165) is 37.4 Å². The first kappa shape index (κ1) is 27.7. The summed E-state index contributed by atoms with van der Waals surface area (Å²) in [6.45, 7) is 3.44. The van der Waals surface area contributed by atoms with E-state index in [1.165, 1.54) is 0 Å². The number of unbranched alkanes of at least 4 members (excludes halogenated alkanes) is 2. The minimum Gasteiger partial charge on any atom is -0.395 e. The highest BCUT2D eigenvalue weighted by molar-refractivity contribution is 7.99. The molecule has 0 radical (unpaired) electrons. The maximum Gasteiger partial charge on any atom is 0.267 e. The smallest absolute Gasteiger partial charge is 0.267 e. The van der Waals surface area contributed by atoms with Crippen molar-refractivity contribution in [3.05, 3.63) is 0 Å². The number of halogens is 2. The summed E-state index contributed by atoms with van der Waals surface area (Å²) in [5.41, 5.74) is -1.03. The Bertz CT molecular complexity index is 597. The number of thioether (sulfide) groups is 1. The number of hydrogen-bond donors (Lipinski definition) is 5. The number of hydrogen-bond acceptors (Lipinski definition) is 8. The average Bonchev–Trinajstić information content (AvgIpc) is 3.13. The van der Waals surface area contributed by atoms with Gasteiger partial charge in [-0.1, -0.05) is 26.2 Å². The molecule has 2 heterocycles. The number of β-amino-alcohol motifs (C(OH)–C–C–N with tert-alkyl or cyclic N) is 1. The molecule has 0 unspecified atom stereocenters. The van der Waals surface area contributed by atoms with Crippen molar-refractivity contribution in [3.8, 4) is 0 Å². The third-order valence-electron chi connectivity index (χ3n) is 6.41.